The summed E-state index contributed by atoms with van der Waals surface area (Å²) in [5, 5.41) is 8.91. The molecule has 1 N–H and O–H groups in total. The van der Waals surface area contributed by atoms with Crippen LogP contribution in [0.25, 0.3) is 22.3 Å². The Kier molecular flexibility index (Phi) is 5.64. The zero-order valence-corrected chi connectivity index (χ0v) is 15.2. The summed E-state index contributed by atoms with van der Waals surface area (Å²) in [4.78, 5) is 23.0. The van der Waals surface area contributed by atoms with E-state index in [-0.39, 0.29) is 12.2 Å². The summed E-state index contributed by atoms with van der Waals surface area (Å²) < 4.78 is 27.0. The van der Waals surface area contributed by atoms with E-state index in [0.29, 0.717) is 16.7 Å². The highest BCUT2D eigenvalue weighted by Gasteiger charge is 2.17. The van der Waals surface area contributed by atoms with Crippen LogP contribution >= 0.6 is 0 Å². The zero-order chi connectivity index (χ0) is 20.3. The van der Waals surface area contributed by atoms with Gasteiger partial charge in [0.05, 0.1) is 5.92 Å². The van der Waals surface area contributed by atoms with Crippen molar-refractivity contribution in [3.05, 3.63) is 83.9 Å². The van der Waals surface area contributed by atoms with Gasteiger partial charge in [0.15, 0.2) is 5.78 Å². The van der Waals surface area contributed by atoms with E-state index in [9.17, 15) is 18.4 Å². The summed E-state index contributed by atoms with van der Waals surface area (Å²) in [6.07, 6.45) is -0.0490. The third-order valence-corrected chi connectivity index (χ3v) is 4.58. The van der Waals surface area contributed by atoms with Gasteiger partial charge >= 0.3 is 5.97 Å². The van der Waals surface area contributed by atoms with Crippen molar-refractivity contribution in [1.82, 2.24) is 0 Å². The number of halogens is 2. The van der Waals surface area contributed by atoms with Crippen molar-refractivity contribution in [2.24, 2.45) is 5.92 Å². The molecule has 3 nitrogen and oxygen atoms in total. The first-order valence-corrected chi connectivity index (χ1v) is 8.77. The molecule has 0 fully saturated rings. The Morgan fingerprint density at radius 3 is 1.93 bits per heavy atom. The summed E-state index contributed by atoms with van der Waals surface area (Å²) in [5.74, 6) is -3.19. The fourth-order valence-electron chi connectivity index (χ4n) is 2.90. The monoisotopic (exact) mass is 380 g/mol. The smallest absolute Gasteiger partial charge is 0.306 e. The van der Waals surface area contributed by atoms with Crippen LogP contribution in [-0.4, -0.2) is 16.9 Å². The Morgan fingerprint density at radius 1 is 0.857 bits per heavy atom. The van der Waals surface area contributed by atoms with Crippen LogP contribution in [0.5, 0.6) is 0 Å². The summed E-state index contributed by atoms with van der Waals surface area (Å²) in [6, 6.07) is 17.5. The summed E-state index contributed by atoms with van der Waals surface area (Å²) in [5.41, 5.74) is 3.16. The first-order chi connectivity index (χ1) is 13.3. The molecule has 3 aromatic carbocycles. The summed E-state index contributed by atoms with van der Waals surface area (Å²) in [7, 11) is 0. The number of carboxylic acid groups (broad SMARTS) is 1. The molecule has 0 heterocycles. The molecule has 0 amide bonds. The van der Waals surface area contributed by atoms with E-state index < -0.39 is 23.5 Å². The Morgan fingerprint density at radius 2 is 1.39 bits per heavy atom. The second-order valence-corrected chi connectivity index (χ2v) is 6.65. The maximum Gasteiger partial charge on any atom is 0.306 e. The van der Waals surface area contributed by atoms with Crippen molar-refractivity contribution in [3.63, 3.8) is 0 Å². The number of aliphatic carboxylic acids is 1. The maximum absolute atomic E-state index is 13.9. The lowest BCUT2D eigenvalue weighted by Gasteiger charge is -2.08. The second kappa shape index (κ2) is 8.13. The molecule has 0 bridgehead atoms. The third-order valence-electron chi connectivity index (χ3n) is 4.58. The van der Waals surface area contributed by atoms with Gasteiger partial charge in [0, 0.05) is 23.6 Å². The molecule has 1 atom stereocenters. The van der Waals surface area contributed by atoms with Gasteiger partial charge in [-0.05, 0) is 28.8 Å². The number of carboxylic acids is 1. The highest BCUT2D eigenvalue weighted by Crippen LogP contribution is 2.27. The van der Waals surface area contributed by atoms with Crippen LogP contribution in [0, 0.1) is 17.6 Å². The van der Waals surface area contributed by atoms with Crippen molar-refractivity contribution >= 4 is 11.8 Å². The van der Waals surface area contributed by atoms with Crippen LogP contribution in [0.1, 0.15) is 23.7 Å². The van der Waals surface area contributed by atoms with Crippen LogP contribution < -0.4 is 0 Å². The van der Waals surface area contributed by atoms with Crippen LogP contribution in [0.4, 0.5) is 8.78 Å². The van der Waals surface area contributed by atoms with Crippen molar-refractivity contribution in [2.45, 2.75) is 13.3 Å². The minimum atomic E-state index is -0.998. The number of carbonyl (C=O) groups excluding carboxylic acids is 1. The second-order valence-electron chi connectivity index (χ2n) is 6.65. The fraction of sp³-hybridized carbons (Fsp3) is 0.130. The Bertz CT molecular complexity index is 1010. The van der Waals surface area contributed by atoms with Crippen molar-refractivity contribution in [3.8, 4) is 22.3 Å². The molecule has 0 aliphatic heterocycles. The van der Waals surface area contributed by atoms with Crippen LogP contribution in [0.3, 0.4) is 0 Å². The molecule has 142 valence electrons. The molecule has 3 rings (SSSR count). The van der Waals surface area contributed by atoms with Gasteiger partial charge in [-0.15, -0.1) is 0 Å². The van der Waals surface area contributed by atoms with Crippen LogP contribution in [-0.2, 0) is 4.79 Å². The topological polar surface area (TPSA) is 54.4 Å². The molecule has 3 aromatic rings. The van der Waals surface area contributed by atoms with Gasteiger partial charge in [-0.2, -0.15) is 0 Å². The molecule has 1 unspecified atom stereocenters. The lowest BCUT2D eigenvalue weighted by molar-refractivity contribution is -0.141. The van der Waals surface area contributed by atoms with Crippen molar-refractivity contribution in [1.29, 1.82) is 0 Å². The highest BCUT2D eigenvalue weighted by molar-refractivity contribution is 5.98. The van der Waals surface area contributed by atoms with E-state index in [2.05, 4.69) is 0 Å². The van der Waals surface area contributed by atoms with Gasteiger partial charge in [-0.3, -0.25) is 9.59 Å². The maximum atomic E-state index is 13.9. The fourth-order valence-corrected chi connectivity index (χ4v) is 2.90. The largest absolute Gasteiger partial charge is 0.481 e. The number of carbonyl (C=O) groups is 2. The van der Waals surface area contributed by atoms with Crippen LogP contribution in [0.2, 0.25) is 0 Å². The number of ketones is 1. The molecule has 0 saturated carbocycles. The van der Waals surface area contributed by atoms with Gasteiger partial charge in [0.2, 0.25) is 0 Å². The quantitative estimate of drug-likeness (QED) is 0.567. The predicted octanol–water partition coefficient (Wildman–Crippen LogP) is 5.59. The van der Waals surface area contributed by atoms with Gasteiger partial charge in [0.25, 0.3) is 0 Å². The molecule has 0 saturated heterocycles. The molecule has 28 heavy (non-hydrogen) atoms. The van der Waals surface area contributed by atoms with Gasteiger partial charge < -0.3 is 5.11 Å². The molecule has 0 aliphatic rings. The predicted molar refractivity (Wildman–Crippen MR) is 103 cm³/mol. The normalized spacial score (nSPS) is 11.8. The molecular formula is C23H18F2O3. The Labute approximate surface area is 161 Å². The van der Waals surface area contributed by atoms with E-state index in [0.717, 1.165) is 17.2 Å². The standard InChI is InChI=1S/C23H18F2O3/c1-14(23(27)28)12-22(26)18-8-4-16(5-9-18)15-2-6-17(7-3-15)20-11-10-19(24)13-21(20)25/h2-11,13-14H,12H2,1H3,(H,27,28). The van der Waals surface area contributed by atoms with Gasteiger partial charge in [-0.1, -0.05) is 55.5 Å². The Hall–Kier alpha value is -3.34. The van der Waals surface area contributed by atoms with E-state index in [1.807, 2.05) is 12.1 Å². The van der Waals surface area contributed by atoms with E-state index >= 15 is 0 Å². The SMILES string of the molecule is CC(CC(=O)c1ccc(-c2ccc(-c3ccc(F)cc3F)cc2)cc1)C(=O)O. The third kappa shape index (κ3) is 4.31. The molecule has 5 heteroatoms. The van der Waals surface area contributed by atoms with E-state index in [1.54, 1.807) is 36.4 Å². The average Bonchev–Trinajstić information content (AvgIpc) is 2.68. The number of hydrogen-bond donors (Lipinski definition) is 1. The molecule has 0 aromatic heterocycles. The number of hydrogen-bond acceptors (Lipinski definition) is 2. The minimum Gasteiger partial charge on any atom is -0.481 e. The minimum absolute atomic E-state index is 0.0490. The molecule has 0 spiro atoms. The number of Topliss-reactive ketones (excluding diaryl/α,β-unsaturated/α-hetero) is 1. The van der Waals surface area contributed by atoms with Crippen molar-refractivity contribution < 1.29 is 23.5 Å². The highest BCUT2D eigenvalue weighted by atomic mass is 19.1. The molecule has 0 aliphatic carbocycles. The summed E-state index contributed by atoms with van der Waals surface area (Å²) in [6.45, 7) is 1.50. The van der Waals surface area contributed by atoms with Crippen LogP contribution in [0.15, 0.2) is 66.7 Å². The van der Waals surface area contributed by atoms with Gasteiger partial charge in [-0.25, -0.2) is 8.78 Å². The van der Waals surface area contributed by atoms with E-state index in [1.165, 1.54) is 19.1 Å². The zero-order valence-electron chi connectivity index (χ0n) is 15.2. The first-order valence-electron chi connectivity index (χ1n) is 8.77. The van der Waals surface area contributed by atoms with Gasteiger partial charge in [0.1, 0.15) is 11.6 Å². The lowest BCUT2D eigenvalue weighted by Crippen LogP contribution is -2.14. The number of benzene rings is 3. The Balaban J connectivity index is 1.77. The van der Waals surface area contributed by atoms with E-state index in [4.69, 9.17) is 5.11 Å². The molecule has 0 radical (unpaired) electrons. The average molecular weight is 380 g/mol. The number of rotatable bonds is 6. The molecular weight excluding hydrogens is 362 g/mol. The van der Waals surface area contributed by atoms with Crippen molar-refractivity contribution in [2.75, 3.05) is 0 Å². The first kappa shape index (κ1) is 19.4. The lowest BCUT2D eigenvalue weighted by atomic mass is 9.96. The summed E-state index contributed by atoms with van der Waals surface area (Å²) >= 11 is 0.